The van der Waals surface area contributed by atoms with E-state index in [1.807, 2.05) is 6.92 Å². The maximum atomic E-state index is 12.6. The maximum absolute atomic E-state index is 12.6. The van der Waals surface area contributed by atoms with Crippen LogP contribution in [0.5, 0.6) is 0 Å². The predicted octanol–water partition coefficient (Wildman–Crippen LogP) is 2.32. The predicted molar refractivity (Wildman–Crippen MR) is 88.9 cm³/mol. The van der Waals surface area contributed by atoms with Crippen LogP contribution in [0, 0.1) is 5.92 Å². The maximum Gasteiger partial charge on any atom is 0.426 e. The first-order valence-electron chi connectivity index (χ1n) is 8.36. The van der Waals surface area contributed by atoms with Crippen molar-refractivity contribution in [3.8, 4) is 0 Å². The van der Waals surface area contributed by atoms with Gasteiger partial charge in [-0.2, -0.15) is 0 Å². The van der Waals surface area contributed by atoms with E-state index >= 15 is 0 Å². The molecule has 0 heterocycles. The zero-order valence-corrected chi connectivity index (χ0v) is 15.4. The highest BCUT2D eigenvalue weighted by atomic mass is 16.6. The topological polar surface area (TPSA) is 99.2 Å². The van der Waals surface area contributed by atoms with Crippen molar-refractivity contribution in [2.45, 2.75) is 65.9 Å². The summed E-state index contributed by atoms with van der Waals surface area (Å²) in [6, 6.07) is 0. The van der Waals surface area contributed by atoms with E-state index in [1.54, 1.807) is 27.7 Å². The summed E-state index contributed by atoms with van der Waals surface area (Å²) in [5.74, 6) is -0.956. The van der Waals surface area contributed by atoms with Crippen LogP contribution in [0.25, 0.3) is 0 Å². The molecule has 0 saturated heterocycles. The normalized spacial score (nSPS) is 12.2. The van der Waals surface area contributed by atoms with Crippen molar-refractivity contribution in [2.75, 3.05) is 13.1 Å². The third-order valence-corrected chi connectivity index (χ3v) is 3.24. The van der Waals surface area contributed by atoms with Crippen LogP contribution in [-0.4, -0.2) is 52.4 Å². The second kappa shape index (κ2) is 10.9. The van der Waals surface area contributed by atoms with E-state index in [9.17, 15) is 19.6 Å². The molecule has 1 atom stereocenters. The van der Waals surface area contributed by atoms with Crippen LogP contribution in [0.2, 0.25) is 0 Å². The molecule has 0 rings (SSSR count). The molecule has 3 amide bonds. The molecule has 0 aromatic carbocycles. The lowest BCUT2D eigenvalue weighted by Crippen LogP contribution is -2.51. The van der Waals surface area contributed by atoms with E-state index in [0.29, 0.717) is 11.5 Å². The molecule has 8 heteroatoms. The Balaban J connectivity index is 4.90. The van der Waals surface area contributed by atoms with Crippen LogP contribution >= 0.6 is 0 Å². The molecule has 0 aliphatic heterocycles. The van der Waals surface area contributed by atoms with Crippen LogP contribution in [-0.2, 0) is 14.3 Å². The molecule has 2 N–H and O–H groups in total. The van der Waals surface area contributed by atoms with E-state index in [4.69, 9.17) is 4.74 Å². The van der Waals surface area contributed by atoms with Crippen LogP contribution in [0.4, 0.5) is 4.79 Å². The minimum absolute atomic E-state index is 0.113. The Labute approximate surface area is 144 Å². The Kier molecular flexibility index (Phi) is 10.0. The van der Waals surface area contributed by atoms with Gasteiger partial charge in [0, 0.05) is 6.54 Å². The number of amides is 3. The molecule has 0 saturated carbocycles. The summed E-state index contributed by atoms with van der Waals surface area (Å²) in [6.45, 7) is 9.08. The molecule has 0 aliphatic rings. The second-order valence-corrected chi connectivity index (χ2v) is 6.62. The SMILES string of the molecule is CCCCCC(CN(O)C=O)C(=O)N(CC)NC(=O)OC(C)(C)C. The molecular formula is C16H31N3O5. The number of hydrazine groups is 1. The molecule has 1 unspecified atom stereocenters. The van der Waals surface area contributed by atoms with Gasteiger partial charge in [-0.3, -0.25) is 19.8 Å². The minimum atomic E-state index is -0.721. The summed E-state index contributed by atoms with van der Waals surface area (Å²) in [5.41, 5.74) is 1.75. The Morgan fingerprint density at radius 3 is 2.33 bits per heavy atom. The van der Waals surface area contributed by atoms with Gasteiger partial charge in [0.2, 0.25) is 12.3 Å². The summed E-state index contributed by atoms with van der Waals surface area (Å²) >= 11 is 0. The molecule has 0 aromatic rings. The fraction of sp³-hybridized carbons (Fsp3) is 0.812. The highest BCUT2D eigenvalue weighted by molar-refractivity contribution is 5.81. The van der Waals surface area contributed by atoms with Gasteiger partial charge in [0.25, 0.3) is 0 Å². The molecule has 0 radical (unpaired) electrons. The number of carbonyl (C=O) groups excluding carboxylic acids is 3. The highest BCUT2D eigenvalue weighted by Gasteiger charge is 2.27. The average molecular weight is 345 g/mol. The quantitative estimate of drug-likeness (QED) is 0.289. The summed E-state index contributed by atoms with van der Waals surface area (Å²) in [5, 5.41) is 11.0. The van der Waals surface area contributed by atoms with Gasteiger partial charge < -0.3 is 4.74 Å². The Bertz CT molecular complexity index is 409. The highest BCUT2D eigenvalue weighted by Crippen LogP contribution is 2.14. The molecule has 0 spiro atoms. The van der Waals surface area contributed by atoms with Gasteiger partial charge in [-0.15, -0.1) is 0 Å². The Hall–Kier alpha value is -1.83. The molecule has 0 bridgehead atoms. The molecule has 0 aromatic heterocycles. The fourth-order valence-corrected chi connectivity index (χ4v) is 2.12. The Morgan fingerprint density at radius 1 is 1.25 bits per heavy atom. The minimum Gasteiger partial charge on any atom is -0.443 e. The molecule has 8 nitrogen and oxygen atoms in total. The lowest BCUT2D eigenvalue weighted by molar-refractivity contribution is -0.157. The fourth-order valence-electron chi connectivity index (χ4n) is 2.12. The van der Waals surface area contributed by atoms with E-state index in [0.717, 1.165) is 24.3 Å². The molecule has 0 fully saturated rings. The van der Waals surface area contributed by atoms with Gasteiger partial charge in [0.15, 0.2) is 0 Å². The molecular weight excluding hydrogens is 314 g/mol. The van der Waals surface area contributed by atoms with Crippen LogP contribution in [0.1, 0.15) is 60.3 Å². The third-order valence-electron chi connectivity index (χ3n) is 3.24. The van der Waals surface area contributed by atoms with Gasteiger partial charge in [0.1, 0.15) is 5.60 Å². The number of nitrogens with one attached hydrogen (secondary N) is 1. The van der Waals surface area contributed by atoms with Gasteiger partial charge in [-0.25, -0.2) is 15.3 Å². The van der Waals surface area contributed by atoms with Crippen molar-refractivity contribution in [2.24, 2.45) is 5.92 Å². The smallest absolute Gasteiger partial charge is 0.426 e. The number of nitrogens with zero attached hydrogens (tertiary/aromatic N) is 2. The van der Waals surface area contributed by atoms with Crippen molar-refractivity contribution in [1.29, 1.82) is 0 Å². The van der Waals surface area contributed by atoms with Gasteiger partial charge in [0.05, 0.1) is 12.5 Å². The number of hydrogen-bond acceptors (Lipinski definition) is 5. The second-order valence-electron chi connectivity index (χ2n) is 6.62. The number of rotatable bonds is 9. The number of unbranched alkanes of at least 4 members (excludes halogenated alkanes) is 2. The molecule has 140 valence electrons. The summed E-state index contributed by atoms with van der Waals surface area (Å²) in [7, 11) is 0. The molecule has 0 aliphatic carbocycles. The van der Waals surface area contributed by atoms with Crippen LogP contribution < -0.4 is 5.43 Å². The van der Waals surface area contributed by atoms with Gasteiger partial charge >= 0.3 is 6.09 Å². The largest absolute Gasteiger partial charge is 0.443 e. The van der Waals surface area contributed by atoms with Crippen molar-refractivity contribution < 1.29 is 24.3 Å². The van der Waals surface area contributed by atoms with Crippen molar-refractivity contribution in [1.82, 2.24) is 15.5 Å². The van der Waals surface area contributed by atoms with Gasteiger partial charge in [-0.1, -0.05) is 26.2 Å². The van der Waals surface area contributed by atoms with E-state index < -0.39 is 17.6 Å². The van der Waals surface area contributed by atoms with Gasteiger partial charge in [-0.05, 0) is 34.1 Å². The standard InChI is InChI=1S/C16H31N3O5/c1-6-8-9-10-13(11-18(23)12-20)14(21)19(7-2)17-15(22)24-16(3,4)5/h12-13,23H,6-11H2,1-5H3,(H,17,22). The van der Waals surface area contributed by atoms with Crippen molar-refractivity contribution in [3.63, 3.8) is 0 Å². The summed E-state index contributed by atoms with van der Waals surface area (Å²) in [4.78, 5) is 35.1. The van der Waals surface area contributed by atoms with E-state index in [2.05, 4.69) is 5.43 Å². The van der Waals surface area contributed by atoms with Crippen molar-refractivity contribution >= 4 is 18.4 Å². The first kappa shape index (κ1) is 22.2. The summed E-state index contributed by atoms with van der Waals surface area (Å²) < 4.78 is 5.14. The number of hydroxylamine groups is 2. The first-order valence-corrected chi connectivity index (χ1v) is 8.36. The lowest BCUT2D eigenvalue weighted by Gasteiger charge is -2.29. The zero-order chi connectivity index (χ0) is 18.8. The monoisotopic (exact) mass is 345 g/mol. The zero-order valence-electron chi connectivity index (χ0n) is 15.4. The van der Waals surface area contributed by atoms with E-state index in [-0.39, 0.29) is 25.4 Å². The first-order chi connectivity index (χ1) is 11.1. The van der Waals surface area contributed by atoms with Crippen LogP contribution in [0.3, 0.4) is 0 Å². The number of hydrogen-bond donors (Lipinski definition) is 2. The number of carbonyl (C=O) groups is 3. The lowest BCUT2D eigenvalue weighted by atomic mass is 10.00. The molecule has 24 heavy (non-hydrogen) atoms. The Morgan fingerprint density at radius 2 is 1.88 bits per heavy atom. The van der Waals surface area contributed by atoms with Crippen molar-refractivity contribution in [3.05, 3.63) is 0 Å². The number of ether oxygens (including phenoxy) is 1. The van der Waals surface area contributed by atoms with Crippen LogP contribution in [0.15, 0.2) is 0 Å². The van der Waals surface area contributed by atoms with E-state index in [1.165, 1.54) is 0 Å². The third kappa shape index (κ3) is 9.34. The summed E-state index contributed by atoms with van der Waals surface area (Å²) in [6.07, 6.45) is 2.79. The average Bonchev–Trinajstić information content (AvgIpc) is 2.49.